The molecule has 0 aliphatic heterocycles. The number of sulfonamides is 1. The molecule has 0 radical (unpaired) electrons. The second-order valence-corrected chi connectivity index (χ2v) is 7.64. The van der Waals surface area contributed by atoms with Gasteiger partial charge in [0.1, 0.15) is 0 Å². The Hall–Kier alpha value is -1.24. The van der Waals surface area contributed by atoms with Crippen molar-refractivity contribution in [3.63, 3.8) is 0 Å². The first-order valence-corrected chi connectivity index (χ1v) is 8.53. The Bertz CT molecular complexity index is 617. The topological polar surface area (TPSA) is 66.5 Å². The molecule has 0 bridgehead atoms. The monoisotopic (exact) mass is 310 g/mol. The number of nitrogens with zero attached hydrogens (tertiary/aromatic N) is 1. The van der Waals surface area contributed by atoms with Crippen LogP contribution in [-0.2, 0) is 10.0 Å². The van der Waals surface area contributed by atoms with Crippen LogP contribution in [0.15, 0.2) is 29.2 Å². The number of likely N-dealkylation sites (N-methyl/N-ethyl adjacent to an activating group) is 1. The average Bonchev–Trinajstić information content (AvgIpc) is 2.37. The summed E-state index contributed by atoms with van der Waals surface area (Å²) >= 11 is 0. The summed E-state index contributed by atoms with van der Waals surface area (Å²) in [6.07, 6.45) is 3.14. The number of carbonyl (C=O) groups is 1. The molecule has 0 heterocycles. The third-order valence-corrected chi connectivity index (χ3v) is 5.81. The molecule has 1 aliphatic carbocycles. The van der Waals surface area contributed by atoms with Crippen LogP contribution in [0.1, 0.15) is 36.5 Å². The molecule has 6 heteroatoms. The fourth-order valence-electron chi connectivity index (χ4n) is 2.55. The van der Waals surface area contributed by atoms with Crippen LogP contribution in [0.2, 0.25) is 0 Å². The Morgan fingerprint density at radius 1 is 1.24 bits per heavy atom. The fourth-order valence-corrected chi connectivity index (χ4v) is 3.67. The van der Waals surface area contributed by atoms with E-state index in [0.717, 1.165) is 19.3 Å². The molecule has 5 nitrogen and oxygen atoms in total. The molecule has 116 valence electrons. The van der Waals surface area contributed by atoms with Gasteiger partial charge in [-0.2, -0.15) is 0 Å². The standard InChI is InChI=1S/C15H22N2O3S/c1-12(18)13-5-7-14(8-6-13)21(19,20)16-11-15(17(2)3)9-4-10-15/h5-8,16H,4,9-11H2,1-3H3. The molecular weight excluding hydrogens is 288 g/mol. The number of rotatable bonds is 6. The van der Waals surface area contributed by atoms with Crippen LogP contribution in [0.3, 0.4) is 0 Å². The maximum Gasteiger partial charge on any atom is 0.240 e. The minimum absolute atomic E-state index is 0.0631. The summed E-state index contributed by atoms with van der Waals surface area (Å²) in [5, 5.41) is 0. The van der Waals surface area contributed by atoms with Crippen LogP contribution < -0.4 is 4.72 Å². The Labute approximate surface area is 126 Å². The molecule has 1 aromatic rings. The highest BCUT2D eigenvalue weighted by Gasteiger charge is 2.39. The predicted molar refractivity (Wildman–Crippen MR) is 81.9 cm³/mol. The van der Waals surface area contributed by atoms with Crippen LogP contribution in [0, 0.1) is 0 Å². The van der Waals surface area contributed by atoms with E-state index in [-0.39, 0.29) is 16.2 Å². The van der Waals surface area contributed by atoms with Crippen molar-refractivity contribution in [3.8, 4) is 0 Å². The summed E-state index contributed by atoms with van der Waals surface area (Å²) in [6, 6.07) is 6.04. The summed E-state index contributed by atoms with van der Waals surface area (Å²) in [7, 11) is 0.429. The van der Waals surface area contributed by atoms with Crippen molar-refractivity contribution in [1.29, 1.82) is 0 Å². The number of benzene rings is 1. The Morgan fingerprint density at radius 3 is 2.19 bits per heavy atom. The molecule has 2 rings (SSSR count). The smallest absolute Gasteiger partial charge is 0.240 e. The highest BCUT2D eigenvalue weighted by Crippen LogP contribution is 2.35. The number of hydrogen-bond donors (Lipinski definition) is 1. The minimum atomic E-state index is -3.53. The third kappa shape index (κ3) is 3.33. The van der Waals surface area contributed by atoms with E-state index in [1.165, 1.54) is 19.1 Å². The number of Topliss-reactive ketones (excluding diaryl/α,β-unsaturated/α-hetero) is 1. The molecule has 1 N–H and O–H groups in total. The maximum atomic E-state index is 12.3. The van der Waals surface area contributed by atoms with Gasteiger partial charge in [0.25, 0.3) is 0 Å². The fraction of sp³-hybridized carbons (Fsp3) is 0.533. The van der Waals surface area contributed by atoms with Crippen LogP contribution in [0.5, 0.6) is 0 Å². The van der Waals surface area contributed by atoms with Gasteiger partial charge in [-0.25, -0.2) is 13.1 Å². The zero-order valence-electron chi connectivity index (χ0n) is 12.7. The first-order valence-electron chi connectivity index (χ1n) is 7.05. The van der Waals surface area contributed by atoms with E-state index in [9.17, 15) is 13.2 Å². The van der Waals surface area contributed by atoms with Gasteiger partial charge in [0, 0.05) is 17.6 Å². The van der Waals surface area contributed by atoms with Crippen LogP contribution in [-0.4, -0.2) is 45.3 Å². The lowest BCUT2D eigenvalue weighted by molar-refractivity contribution is 0.0657. The van der Waals surface area contributed by atoms with Gasteiger partial charge in [-0.15, -0.1) is 0 Å². The summed E-state index contributed by atoms with van der Waals surface area (Å²) < 4.78 is 27.3. The number of nitrogens with one attached hydrogen (secondary N) is 1. The molecule has 0 unspecified atom stereocenters. The molecular formula is C15H22N2O3S. The van der Waals surface area contributed by atoms with E-state index in [0.29, 0.717) is 12.1 Å². The van der Waals surface area contributed by atoms with Gasteiger partial charge in [0.2, 0.25) is 10.0 Å². The van der Waals surface area contributed by atoms with E-state index in [1.54, 1.807) is 12.1 Å². The highest BCUT2D eigenvalue weighted by molar-refractivity contribution is 7.89. The molecule has 1 aromatic carbocycles. The molecule has 0 amide bonds. The van der Waals surface area contributed by atoms with Crippen molar-refractivity contribution in [2.24, 2.45) is 0 Å². The Morgan fingerprint density at radius 2 is 1.81 bits per heavy atom. The number of carbonyl (C=O) groups excluding carboxylic acids is 1. The molecule has 0 saturated heterocycles. The van der Waals surface area contributed by atoms with Gasteiger partial charge in [-0.1, -0.05) is 12.1 Å². The largest absolute Gasteiger partial charge is 0.302 e. The molecule has 0 atom stereocenters. The summed E-state index contributed by atoms with van der Waals surface area (Å²) in [5.74, 6) is -0.0760. The van der Waals surface area contributed by atoms with Crippen molar-refractivity contribution < 1.29 is 13.2 Å². The van der Waals surface area contributed by atoms with Crippen molar-refractivity contribution in [2.75, 3.05) is 20.6 Å². The zero-order chi connectivity index (χ0) is 15.7. The zero-order valence-corrected chi connectivity index (χ0v) is 13.5. The van der Waals surface area contributed by atoms with E-state index in [2.05, 4.69) is 9.62 Å². The molecule has 1 fully saturated rings. The maximum absolute atomic E-state index is 12.3. The molecule has 1 saturated carbocycles. The van der Waals surface area contributed by atoms with Gasteiger partial charge in [-0.3, -0.25) is 4.79 Å². The summed E-state index contributed by atoms with van der Waals surface area (Å²) in [6.45, 7) is 1.87. The predicted octanol–water partition coefficient (Wildman–Crippen LogP) is 1.65. The van der Waals surface area contributed by atoms with E-state index < -0.39 is 10.0 Å². The van der Waals surface area contributed by atoms with E-state index in [1.807, 2.05) is 14.1 Å². The van der Waals surface area contributed by atoms with Crippen molar-refractivity contribution in [3.05, 3.63) is 29.8 Å². The van der Waals surface area contributed by atoms with Gasteiger partial charge >= 0.3 is 0 Å². The van der Waals surface area contributed by atoms with Gasteiger partial charge in [0.15, 0.2) is 5.78 Å². The van der Waals surface area contributed by atoms with E-state index in [4.69, 9.17) is 0 Å². The minimum Gasteiger partial charge on any atom is -0.302 e. The molecule has 0 spiro atoms. The summed E-state index contributed by atoms with van der Waals surface area (Å²) in [5.41, 5.74) is 0.449. The number of ketones is 1. The van der Waals surface area contributed by atoms with Crippen molar-refractivity contribution >= 4 is 15.8 Å². The number of hydrogen-bond acceptors (Lipinski definition) is 4. The normalized spacial score (nSPS) is 17.5. The lowest BCUT2D eigenvalue weighted by atomic mass is 9.76. The third-order valence-electron chi connectivity index (χ3n) is 4.40. The molecule has 1 aliphatic rings. The van der Waals surface area contributed by atoms with Gasteiger partial charge < -0.3 is 4.90 Å². The van der Waals surface area contributed by atoms with Crippen LogP contribution in [0.4, 0.5) is 0 Å². The van der Waals surface area contributed by atoms with Gasteiger partial charge in [-0.05, 0) is 52.4 Å². The van der Waals surface area contributed by atoms with E-state index >= 15 is 0 Å². The Balaban J connectivity index is 2.10. The van der Waals surface area contributed by atoms with Gasteiger partial charge in [0.05, 0.1) is 4.90 Å². The van der Waals surface area contributed by atoms with Crippen molar-refractivity contribution in [2.45, 2.75) is 36.6 Å². The highest BCUT2D eigenvalue weighted by atomic mass is 32.2. The van der Waals surface area contributed by atoms with Crippen molar-refractivity contribution in [1.82, 2.24) is 9.62 Å². The first-order chi connectivity index (χ1) is 9.77. The first kappa shape index (κ1) is 16.1. The molecule has 21 heavy (non-hydrogen) atoms. The second kappa shape index (κ2) is 5.87. The van der Waals surface area contributed by atoms with Crippen LogP contribution in [0.25, 0.3) is 0 Å². The SMILES string of the molecule is CC(=O)c1ccc(S(=O)(=O)NCC2(N(C)C)CCC2)cc1. The lowest BCUT2D eigenvalue weighted by Crippen LogP contribution is -2.57. The molecule has 0 aromatic heterocycles. The second-order valence-electron chi connectivity index (χ2n) is 5.88. The van der Waals surface area contributed by atoms with Crippen LogP contribution >= 0.6 is 0 Å². The summed E-state index contributed by atoms with van der Waals surface area (Å²) in [4.78, 5) is 13.5. The average molecular weight is 310 g/mol. The Kier molecular flexibility index (Phi) is 4.51. The quantitative estimate of drug-likeness (QED) is 0.811. The lowest BCUT2D eigenvalue weighted by Gasteiger charge is -2.47.